The number of hydrogen-bond acceptors (Lipinski definition) is 5. The Kier molecular flexibility index (Phi) is 8.47. The number of fused-ring (bicyclic) bond motifs is 2. The normalized spacial score (nSPS) is 31.3. The Morgan fingerprint density at radius 3 is 2.33 bits per heavy atom. The molecule has 216 valence electrons. The van der Waals surface area contributed by atoms with E-state index >= 15 is 0 Å². The summed E-state index contributed by atoms with van der Waals surface area (Å²) in [5.41, 5.74) is -1.42. The number of hydrogen-bond donors (Lipinski definition) is 1. The Morgan fingerprint density at radius 1 is 0.850 bits per heavy atom. The molecule has 5 atom stereocenters. The third-order valence-corrected chi connectivity index (χ3v) is 9.18. The second-order valence-electron chi connectivity index (χ2n) is 11.5. The molecule has 1 unspecified atom stereocenters. The number of aliphatic hydroxyl groups is 1. The highest BCUT2D eigenvalue weighted by Gasteiger charge is 2.75. The molecule has 0 radical (unpaired) electrons. The van der Waals surface area contributed by atoms with Gasteiger partial charge in [-0.1, -0.05) is 69.2 Å². The largest absolute Gasteiger partial charge is 0.396 e. The van der Waals surface area contributed by atoms with Gasteiger partial charge in [0, 0.05) is 38.5 Å². The monoisotopic (exact) mass is 549 g/mol. The van der Waals surface area contributed by atoms with E-state index in [0.29, 0.717) is 45.4 Å². The van der Waals surface area contributed by atoms with Gasteiger partial charge in [0.15, 0.2) is 0 Å². The van der Waals surface area contributed by atoms with Crippen molar-refractivity contribution in [2.24, 2.45) is 11.8 Å². The predicted molar refractivity (Wildman–Crippen MR) is 153 cm³/mol. The number of nitrogens with zero attached hydrogens (tertiary/aromatic N) is 3. The Balaban J connectivity index is 1.57. The number of likely N-dealkylation sites (tertiary alicyclic amines) is 1. The molecule has 2 fully saturated rings. The van der Waals surface area contributed by atoms with Gasteiger partial charge < -0.3 is 24.5 Å². The highest BCUT2D eigenvalue weighted by atomic mass is 16.5. The van der Waals surface area contributed by atoms with Crippen molar-refractivity contribution in [3.05, 3.63) is 54.6 Å². The molecule has 0 aliphatic carbocycles. The summed E-state index contributed by atoms with van der Waals surface area (Å²) in [7, 11) is 0. The number of para-hydroxylation sites is 1. The average Bonchev–Trinajstić information content (AvgIpc) is 3.25. The van der Waals surface area contributed by atoms with Crippen molar-refractivity contribution < 1.29 is 24.2 Å². The highest BCUT2D eigenvalue weighted by Crippen LogP contribution is 2.58. The third-order valence-electron chi connectivity index (χ3n) is 9.18. The van der Waals surface area contributed by atoms with E-state index in [0.717, 1.165) is 31.4 Å². The van der Waals surface area contributed by atoms with E-state index < -0.39 is 29.1 Å². The Labute approximate surface area is 237 Å². The van der Waals surface area contributed by atoms with Crippen molar-refractivity contribution in [2.45, 2.75) is 76.0 Å². The van der Waals surface area contributed by atoms with Gasteiger partial charge in [0.25, 0.3) is 0 Å². The van der Waals surface area contributed by atoms with Crippen molar-refractivity contribution in [1.82, 2.24) is 9.80 Å². The summed E-state index contributed by atoms with van der Waals surface area (Å²) in [6.07, 6.45) is 13.4. The number of rotatable bonds is 11. The molecule has 4 heterocycles. The molecule has 0 bridgehead atoms. The summed E-state index contributed by atoms with van der Waals surface area (Å²) in [5, 5.41) is 9.29. The first-order valence-corrected chi connectivity index (χ1v) is 15.1. The topological polar surface area (TPSA) is 90.4 Å². The van der Waals surface area contributed by atoms with Crippen molar-refractivity contribution >= 4 is 23.4 Å². The minimum Gasteiger partial charge on any atom is -0.396 e. The fourth-order valence-corrected chi connectivity index (χ4v) is 7.21. The molecule has 8 heteroatoms. The van der Waals surface area contributed by atoms with Crippen LogP contribution in [0.3, 0.4) is 0 Å². The second kappa shape index (κ2) is 11.9. The van der Waals surface area contributed by atoms with Crippen LogP contribution >= 0.6 is 0 Å². The van der Waals surface area contributed by atoms with Crippen LogP contribution in [0, 0.1) is 11.8 Å². The number of anilines is 1. The molecule has 0 saturated carbocycles. The van der Waals surface area contributed by atoms with Crippen molar-refractivity contribution in [3.63, 3.8) is 0 Å². The summed E-state index contributed by atoms with van der Waals surface area (Å²) in [6.45, 7) is 6.11. The number of amides is 3. The minimum absolute atomic E-state index is 0.0944. The molecule has 0 aromatic heterocycles. The quantitative estimate of drug-likeness (QED) is 0.336. The summed E-state index contributed by atoms with van der Waals surface area (Å²) in [5.74, 6) is -1.97. The van der Waals surface area contributed by atoms with E-state index in [-0.39, 0.29) is 24.3 Å². The van der Waals surface area contributed by atoms with Crippen LogP contribution in [-0.4, -0.2) is 82.7 Å². The molecule has 1 spiro atoms. The van der Waals surface area contributed by atoms with Gasteiger partial charge in [-0.05, 0) is 44.2 Å². The summed E-state index contributed by atoms with van der Waals surface area (Å²) < 4.78 is 7.03. The lowest BCUT2D eigenvalue weighted by molar-refractivity contribution is -0.152. The lowest BCUT2D eigenvalue weighted by Gasteiger charge is -2.38. The lowest BCUT2D eigenvalue weighted by atomic mass is 9.73. The van der Waals surface area contributed by atoms with Gasteiger partial charge in [-0.25, -0.2) is 0 Å². The molecule has 8 nitrogen and oxygen atoms in total. The Hall–Kier alpha value is -2.97. The van der Waals surface area contributed by atoms with Gasteiger partial charge in [-0.15, -0.1) is 0 Å². The van der Waals surface area contributed by atoms with Crippen molar-refractivity contribution in [1.29, 1.82) is 0 Å². The maximum absolute atomic E-state index is 14.5. The molecule has 4 aliphatic rings. The van der Waals surface area contributed by atoms with E-state index in [2.05, 4.69) is 6.92 Å². The van der Waals surface area contributed by atoms with Crippen LogP contribution in [0.4, 0.5) is 5.69 Å². The molecule has 1 aromatic carbocycles. The zero-order valence-corrected chi connectivity index (χ0v) is 23.8. The minimum atomic E-state index is -1.22. The van der Waals surface area contributed by atoms with Crippen LogP contribution in [-0.2, 0) is 19.1 Å². The zero-order chi connectivity index (χ0) is 28.3. The standard InChI is InChI=1S/C32H43N3O5/c1-3-5-10-19-33-20-14-18-32-26(29(38)35(27(32)30(33)39)21-11-7-12-23-36)25-28(37)34(24-15-8-6-9-16-24)22-13-17-31(25,4-2)40-32/h6,8-9,13-18,25-27,36H,3-5,7,10-12,19-23H2,1-2H3/t25-,26-,27?,31+,32-/m0/s1. The number of aliphatic hydroxyl groups excluding tert-OH is 1. The maximum atomic E-state index is 14.5. The first kappa shape index (κ1) is 28.6. The van der Waals surface area contributed by atoms with Crippen LogP contribution in [0.25, 0.3) is 0 Å². The average molecular weight is 550 g/mol. The number of unbranched alkanes of at least 4 members (excludes halogenated alkanes) is 4. The third kappa shape index (κ3) is 4.69. The Bertz CT molecular complexity index is 1150. The molecule has 1 N–H and O–H groups in total. The fraction of sp³-hybridized carbons (Fsp3) is 0.594. The number of carbonyl (C=O) groups is 3. The molecule has 4 aliphatic heterocycles. The van der Waals surface area contributed by atoms with Gasteiger partial charge in [0.1, 0.15) is 11.6 Å². The smallest absolute Gasteiger partial charge is 0.249 e. The van der Waals surface area contributed by atoms with E-state index in [1.165, 1.54) is 0 Å². The molecular weight excluding hydrogens is 506 g/mol. The van der Waals surface area contributed by atoms with E-state index in [1.54, 1.807) is 9.80 Å². The SMILES string of the molecule is CCCCCN1CC=C[C@]23O[C@]4(CC)C=CCN(c5ccccc5)C(=O)[C@@H]4[C@H]2C(=O)N(CCCCCO)C3C1=O. The first-order chi connectivity index (χ1) is 19.4. The summed E-state index contributed by atoms with van der Waals surface area (Å²) in [4.78, 5) is 48.5. The van der Waals surface area contributed by atoms with Crippen LogP contribution in [0.2, 0.25) is 0 Å². The van der Waals surface area contributed by atoms with E-state index in [9.17, 15) is 19.5 Å². The van der Waals surface area contributed by atoms with Crippen LogP contribution in [0.1, 0.15) is 58.8 Å². The first-order valence-electron chi connectivity index (χ1n) is 15.1. The molecule has 2 saturated heterocycles. The van der Waals surface area contributed by atoms with Crippen molar-refractivity contribution in [2.75, 3.05) is 37.7 Å². The summed E-state index contributed by atoms with van der Waals surface area (Å²) in [6, 6.07) is 8.72. The van der Waals surface area contributed by atoms with Crippen molar-refractivity contribution in [3.8, 4) is 0 Å². The van der Waals surface area contributed by atoms with Gasteiger partial charge in [0.2, 0.25) is 17.7 Å². The lowest BCUT2D eigenvalue weighted by Crippen LogP contribution is -2.56. The zero-order valence-electron chi connectivity index (χ0n) is 23.8. The maximum Gasteiger partial charge on any atom is 0.249 e. The molecule has 3 amide bonds. The second-order valence-corrected chi connectivity index (χ2v) is 11.5. The van der Waals surface area contributed by atoms with E-state index in [1.807, 2.05) is 66.5 Å². The predicted octanol–water partition coefficient (Wildman–Crippen LogP) is 3.70. The highest BCUT2D eigenvalue weighted by molar-refractivity contribution is 6.04. The molecule has 5 rings (SSSR count). The van der Waals surface area contributed by atoms with E-state index in [4.69, 9.17) is 4.74 Å². The number of benzene rings is 1. The molecule has 40 heavy (non-hydrogen) atoms. The fourth-order valence-electron chi connectivity index (χ4n) is 7.21. The van der Waals surface area contributed by atoms with Gasteiger partial charge in [-0.3, -0.25) is 14.4 Å². The molecular formula is C32H43N3O5. The summed E-state index contributed by atoms with van der Waals surface area (Å²) >= 11 is 0. The van der Waals surface area contributed by atoms with Gasteiger partial charge >= 0.3 is 0 Å². The van der Waals surface area contributed by atoms with Crippen LogP contribution in [0.5, 0.6) is 0 Å². The van der Waals surface area contributed by atoms with Gasteiger partial charge in [0.05, 0.1) is 17.4 Å². The van der Waals surface area contributed by atoms with Gasteiger partial charge in [-0.2, -0.15) is 0 Å². The van der Waals surface area contributed by atoms with Crippen LogP contribution < -0.4 is 4.90 Å². The Morgan fingerprint density at radius 2 is 1.60 bits per heavy atom. The molecule has 1 aromatic rings. The number of carbonyl (C=O) groups excluding carboxylic acids is 3. The number of ether oxygens (including phenoxy) is 1. The van der Waals surface area contributed by atoms with Crippen LogP contribution in [0.15, 0.2) is 54.6 Å².